The maximum atomic E-state index is 12.8. The Hall–Kier alpha value is -2.75. The largest absolute Gasteiger partial charge is 0.493 e. The minimum atomic E-state index is -3.51. The number of para-hydroxylation sites is 1. The predicted octanol–water partition coefficient (Wildman–Crippen LogP) is 1.85. The Morgan fingerprint density at radius 1 is 1.10 bits per heavy atom. The van der Waals surface area contributed by atoms with E-state index in [2.05, 4.69) is 10.5 Å². The van der Waals surface area contributed by atoms with Crippen molar-refractivity contribution >= 4 is 22.1 Å². The van der Waals surface area contributed by atoms with E-state index in [-0.39, 0.29) is 12.5 Å². The van der Waals surface area contributed by atoms with Gasteiger partial charge in [-0.05, 0) is 38.1 Å². The highest BCUT2D eigenvalue weighted by atomic mass is 32.2. The Bertz CT molecular complexity index is 1010. The zero-order chi connectivity index (χ0) is 22.3. The molecule has 1 N–H and O–H groups in total. The van der Waals surface area contributed by atoms with E-state index in [4.69, 9.17) is 4.74 Å². The Labute approximate surface area is 183 Å². The molecular weight excluding hydrogens is 416 g/mol. The van der Waals surface area contributed by atoms with Gasteiger partial charge in [-0.3, -0.25) is 9.69 Å². The summed E-state index contributed by atoms with van der Waals surface area (Å²) in [5, 5.41) is 4.01. The van der Waals surface area contributed by atoms with Crippen molar-refractivity contribution in [1.82, 2.24) is 14.6 Å². The van der Waals surface area contributed by atoms with E-state index >= 15 is 0 Å². The Morgan fingerprint density at radius 3 is 2.45 bits per heavy atom. The first-order valence-corrected chi connectivity index (χ1v) is 11.7. The molecule has 2 aromatic rings. The van der Waals surface area contributed by atoms with Crippen molar-refractivity contribution in [3.8, 4) is 5.75 Å². The highest BCUT2D eigenvalue weighted by Gasteiger charge is 2.28. The van der Waals surface area contributed by atoms with Gasteiger partial charge in [0.05, 0.1) is 24.3 Å². The number of amides is 1. The number of carbonyl (C=O) groups is 1. The molecule has 1 aliphatic heterocycles. The second-order valence-corrected chi connectivity index (χ2v) is 9.20. The molecular formula is C22H28N4O4S. The summed E-state index contributed by atoms with van der Waals surface area (Å²) >= 11 is 0. The van der Waals surface area contributed by atoms with Crippen molar-refractivity contribution in [2.75, 3.05) is 39.3 Å². The van der Waals surface area contributed by atoms with E-state index in [1.165, 1.54) is 4.31 Å². The summed E-state index contributed by atoms with van der Waals surface area (Å²) in [4.78, 5) is 14.4. The molecule has 8 nitrogen and oxygen atoms in total. The van der Waals surface area contributed by atoms with Gasteiger partial charge in [-0.15, -0.1) is 0 Å². The van der Waals surface area contributed by atoms with E-state index in [9.17, 15) is 13.2 Å². The Balaban J connectivity index is 1.48. The standard InChI is InChI=1S/C22H28N4O4S/c1-3-30-21-7-5-4-6-19(21)16-23-24-22(27)17-25-12-14-26(15-13-25)31(28,29)20-10-8-18(2)9-11-20/h4-11,16H,3,12-15,17H2,1-2H3,(H,24,27). The second-order valence-electron chi connectivity index (χ2n) is 7.26. The third-order valence-corrected chi connectivity index (χ3v) is 6.88. The molecule has 0 aromatic heterocycles. The molecule has 1 saturated heterocycles. The van der Waals surface area contributed by atoms with Crippen LogP contribution < -0.4 is 10.2 Å². The molecule has 31 heavy (non-hydrogen) atoms. The number of hydrazone groups is 1. The van der Waals surface area contributed by atoms with E-state index in [1.807, 2.05) is 43.0 Å². The van der Waals surface area contributed by atoms with Gasteiger partial charge >= 0.3 is 0 Å². The molecule has 166 valence electrons. The van der Waals surface area contributed by atoms with Crippen molar-refractivity contribution in [2.24, 2.45) is 5.10 Å². The molecule has 1 fully saturated rings. The number of ether oxygens (including phenoxy) is 1. The monoisotopic (exact) mass is 444 g/mol. The van der Waals surface area contributed by atoms with Crippen LogP contribution in [-0.4, -0.2) is 69.1 Å². The van der Waals surface area contributed by atoms with Gasteiger partial charge in [-0.1, -0.05) is 29.8 Å². The first kappa shape index (κ1) is 22.9. The predicted molar refractivity (Wildman–Crippen MR) is 120 cm³/mol. The zero-order valence-corrected chi connectivity index (χ0v) is 18.6. The van der Waals surface area contributed by atoms with Gasteiger partial charge in [0.1, 0.15) is 5.75 Å². The van der Waals surface area contributed by atoms with E-state index in [0.717, 1.165) is 11.1 Å². The van der Waals surface area contributed by atoms with Gasteiger partial charge in [0.25, 0.3) is 5.91 Å². The maximum Gasteiger partial charge on any atom is 0.254 e. The van der Waals surface area contributed by atoms with Gasteiger partial charge in [-0.25, -0.2) is 13.8 Å². The normalized spacial score (nSPS) is 15.8. The molecule has 0 atom stereocenters. The first-order chi connectivity index (χ1) is 14.9. The van der Waals surface area contributed by atoms with E-state index in [1.54, 1.807) is 30.5 Å². The third-order valence-electron chi connectivity index (χ3n) is 4.97. The number of nitrogens with zero attached hydrogens (tertiary/aromatic N) is 3. The Morgan fingerprint density at radius 2 is 1.77 bits per heavy atom. The summed E-state index contributed by atoms with van der Waals surface area (Å²) in [6, 6.07) is 14.3. The molecule has 0 saturated carbocycles. The molecule has 0 aliphatic carbocycles. The van der Waals surface area contributed by atoms with Crippen molar-refractivity contribution < 1.29 is 17.9 Å². The highest BCUT2D eigenvalue weighted by molar-refractivity contribution is 7.89. The molecule has 2 aromatic carbocycles. The highest BCUT2D eigenvalue weighted by Crippen LogP contribution is 2.18. The van der Waals surface area contributed by atoms with Crippen LogP contribution in [-0.2, 0) is 14.8 Å². The number of carbonyl (C=O) groups excluding carboxylic acids is 1. The summed E-state index contributed by atoms with van der Waals surface area (Å²) in [7, 11) is -3.51. The number of rotatable bonds is 8. The number of sulfonamides is 1. The van der Waals surface area contributed by atoms with Crippen LogP contribution in [0, 0.1) is 6.92 Å². The number of nitrogens with one attached hydrogen (secondary N) is 1. The average Bonchev–Trinajstić information content (AvgIpc) is 2.76. The number of benzene rings is 2. The third kappa shape index (κ3) is 6.13. The van der Waals surface area contributed by atoms with E-state index in [0.29, 0.717) is 43.4 Å². The maximum absolute atomic E-state index is 12.8. The molecule has 9 heteroatoms. The van der Waals surface area contributed by atoms with E-state index < -0.39 is 10.0 Å². The van der Waals surface area contributed by atoms with Crippen LogP contribution in [0.1, 0.15) is 18.1 Å². The number of hydrogen-bond donors (Lipinski definition) is 1. The zero-order valence-electron chi connectivity index (χ0n) is 17.8. The quantitative estimate of drug-likeness (QED) is 0.496. The van der Waals surface area contributed by atoms with Gasteiger partial charge < -0.3 is 4.74 Å². The fourth-order valence-electron chi connectivity index (χ4n) is 3.27. The molecule has 0 bridgehead atoms. The fourth-order valence-corrected chi connectivity index (χ4v) is 4.70. The molecule has 0 spiro atoms. The lowest BCUT2D eigenvalue weighted by atomic mass is 10.2. The van der Waals surface area contributed by atoms with Gasteiger partial charge in [0.2, 0.25) is 10.0 Å². The summed E-state index contributed by atoms with van der Waals surface area (Å²) in [6.45, 7) is 6.17. The first-order valence-electron chi connectivity index (χ1n) is 10.2. The van der Waals surface area contributed by atoms with Crippen molar-refractivity contribution in [1.29, 1.82) is 0 Å². The molecule has 1 aliphatic rings. The molecule has 0 unspecified atom stereocenters. The van der Waals surface area contributed by atoms with Crippen LogP contribution in [0.5, 0.6) is 5.75 Å². The van der Waals surface area contributed by atoms with Crippen molar-refractivity contribution in [3.05, 3.63) is 59.7 Å². The fraction of sp³-hybridized carbons (Fsp3) is 0.364. The second kappa shape index (κ2) is 10.5. The molecule has 1 amide bonds. The SMILES string of the molecule is CCOc1ccccc1C=NNC(=O)CN1CCN(S(=O)(=O)c2ccc(C)cc2)CC1. The molecule has 0 radical (unpaired) electrons. The lowest BCUT2D eigenvalue weighted by Gasteiger charge is -2.33. The minimum absolute atomic E-state index is 0.156. The molecule has 3 rings (SSSR count). The lowest BCUT2D eigenvalue weighted by molar-refractivity contribution is -0.122. The summed E-state index contributed by atoms with van der Waals surface area (Å²) < 4.78 is 32.5. The summed E-state index contributed by atoms with van der Waals surface area (Å²) in [6.07, 6.45) is 1.55. The number of hydrogen-bond acceptors (Lipinski definition) is 6. The molecule has 1 heterocycles. The smallest absolute Gasteiger partial charge is 0.254 e. The van der Waals surface area contributed by atoms with Crippen LogP contribution in [0.3, 0.4) is 0 Å². The van der Waals surface area contributed by atoms with Gasteiger partial charge in [0, 0.05) is 31.7 Å². The van der Waals surface area contributed by atoms with Crippen molar-refractivity contribution in [3.63, 3.8) is 0 Å². The summed E-state index contributed by atoms with van der Waals surface area (Å²) in [5.41, 5.74) is 4.31. The van der Waals surface area contributed by atoms with Gasteiger partial charge in [-0.2, -0.15) is 9.41 Å². The lowest BCUT2D eigenvalue weighted by Crippen LogP contribution is -2.50. The van der Waals surface area contributed by atoms with Crippen molar-refractivity contribution in [2.45, 2.75) is 18.7 Å². The minimum Gasteiger partial charge on any atom is -0.493 e. The van der Waals surface area contributed by atoms with Crippen LogP contribution in [0.2, 0.25) is 0 Å². The van der Waals surface area contributed by atoms with Crippen LogP contribution in [0.25, 0.3) is 0 Å². The van der Waals surface area contributed by atoms with Crippen LogP contribution in [0.15, 0.2) is 58.5 Å². The topological polar surface area (TPSA) is 91.3 Å². The summed E-state index contributed by atoms with van der Waals surface area (Å²) in [5.74, 6) is 0.453. The number of aryl methyl sites for hydroxylation is 1. The van der Waals surface area contributed by atoms with Crippen LogP contribution in [0.4, 0.5) is 0 Å². The number of piperazine rings is 1. The van der Waals surface area contributed by atoms with Gasteiger partial charge in [0.15, 0.2) is 0 Å². The average molecular weight is 445 g/mol. The Kier molecular flexibility index (Phi) is 7.78. The van der Waals surface area contributed by atoms with Crippen LogP contribution >= 0.6 is 0 Å².